The van der Waals surface area contributed by atoms with Crippen LogP contribution in [0.25, 0.3) is 0 Å². The minimum atomic E-state index is 0. The first kappa shape index (κ1) is 30.2. The highest BCUT2D eigenvalue weighted by Crippen LogP contribution is 2.56. The Bertz CT molecular complexity index is 560. The van der Waals surface area contributed by atoms with E-state index in [1.54, 1.807) is 11.1 Å². The number of rotatable bonds is 0. The molecule has 1 aromatic carbocycles. The normalized spacial score (nSPS) is 29.0. The summed E-state index contributed by atoms with van der Waals surface area (Å²) >= 11 is 0. The van der Waals surface area contributed by atoms with Gasteiger partial charge in [-0.1, -0.05) is 77.6 Å². The Kier molecular flexibility index (Phi) is 14.7. The van der Waals surface area contributed by atoms with Crippen LogP contribution in [0.3, 0.4) is 0 Å². The highest BCUT2D eigenvalue weighted by Gasteiger charge is 2.44. The number of fused-ring (bicyclic) bond motifs is 6. The Labute approximate surface area is 179 Å². The van der Waals surface area contributed by atoms with E-state index in [2.05, 4.69) is 45.9 Å². The van der Waals surface area contributed by atoms with Gasteiger partial charge in [0, 0.05) is 0 Å². The zero-order valence-electron chi connectivity index (χ0n) is 19.9. The largest absolute Gasteiger partial charge is 0.412 e. The Morgan fingerprint density at radius 1 is 0.966 bits per heavy atom. The smallest absolute Gasteiger partial charge is 0.0156 e. The van der Waals surface area contributed by atoms with Gasteiger partial charge in [0.1, 0.15) is 0 Å². The van der Waals surface area contributed by atoms with Crippen molar-refractivity contribution in [3.05, 3.63) is 34.9 Å². The first-order valence-corrected chi connectivity index (χ1v) is 11.7. The van der Waals surface area contributed by atoms with Crippen molar-refractivity contribution < 1.29 is 14.9 Å². The van der Waals surface area contributed by atoms with Crippen molar-refractivity contribution in [1.29, 1.82) is 0 Å². The van der Waals surface area contributed by atoms with Crippen molar-refractivity contribution in [3.63, 3.8) is 0 Å². The van der Waals surface area contributed by atoms with Crippen LogP contribution in [-0.2, 0) is 6.42 Å². The summed E-state index contributed by atoms with van der Waals surface area (Å²) in [5.41, 5.74) is 5.51. The molecule has 3 unspecified atom stereocenters. The Balaban J connectivity index is 0. The van der Waals surface area contributed by atoms with Crippen LogP contribution in [0.4, 0.5) is 9.41 Å². The summed E-state index contributed by atoms with van der Waals surface area (Å²) in [5.74, 6) is 2.87. The zero-order chi connectivity index (χ0) is 19.2. The Hall–Kier alpha value is -0.960. The molecule has 3 heteroatoms. The van der Waals surface area contributed by atoms with E-state index in [1.165, 1.54) is 69.8 Å². The molecular formula is C26H48F2O. The van der Waals surface area contributed by atoms with E-state index in [0.717, 1.165) is 17.8 Å². The number of benzene rings is 1. The molecule has 2 saturated carbocycles. The molecule has 0 spiro atoms. The maximum absolute atomic E-state index is 2.63. The van der Waals surface area contributed by atoms with Gasteiger partial charge >= 0.3 is 0 Å². The van der Waals surface area contributed by atoms with Crippen LogP contribution < -0.4 is 0 Å². The molecule has 0 heterocycles. The molecule has 2 N–H and O–H groups in total. The maximum Gasteiger partial charge on any atom is -0.0156 e. The zero-order valence-corrected chi connectivity index (χ0v) is 19.9. The summed E-state index contributed by atoms with van der Waals surface area (Å²) < 4.78 is 0. The highest BCUT2D eigenvalue weighted by molar-refractivity contribution is 5.35. The van der Waals surface area contributed by atoms with Gasteiger partial charge < -0.3 is 5.48 Å². The monoisotopic (exact) mass is 414 g/mol. The summed E-state index contributed by atoms with van der Waals surface area (Å²) in [4.78, 5) is 0. The summed E-state index contributed by atoms with van der Waals surface area (Å²) in [6.07, 6.45) is 14.4. The summed E-state index contributed by atoms with van der Waals surface area (Å²) in [7, 11) is 0. The molecule has 1 aromatic rings. The standard InChI is InChI=1S/C21H30.C3H8.C2H6.2FH.H2O/c1-15-6-9-19-16(13-15)7-8-18-14-17(19)10-12-21(2)11-4-3-5-20(18)21;1-3-2;1-2;;;/h6,9,13,17-18,20H,3-5,7-8,10-12,14H2,1-2H3;3H2,1-2H3;1-2H3;2*1H;1H2/t17?,18?,20?,21-;;;;;/m0...../s1. The highest BCUT2D eigenvalue weighted by atomic mass is 19.0. The van der Waals surface area contributed by atoms with Crippen molar-refractivity contribution in [1.82, 2.24) is 0 Å². The van der Waals surface area contributed by atoms with Gasteiger partial charge in [0.25, 0.3) is 0 Å². The van der Waals surface area contributed by atoms with E-state index < -0.39 is 0 Å². The van der Waals surface area contributed by atoms with E-state index in [1.807, 2.05) is 13.8 Å². The Morgan fingerprint density at radius 2 is 1.62 bits per heavy atom. The third-order valence-electron chi connectivity index (χ3n) is 7.15. The molecular weight excluding hydrogens is 366 g/mol. The van der Waals surface area contributed by atoms with Crippen LogP contribution in [0.15, 0.2) is 18.2 Å². The fourth-order valence-electron chi connectivity index (χ4n) is 5.99. The molecule has 1 nitrogen and oxygen atoms in total. The van der Waals surface area contributed by atoms with E-state index >= 15 is 0 Å². The summed E-state index contributed by atoms with van der Waals surface area (Å²) in [6, 6.07) is 7.29. The minimum Gasteiger partial charge on any atom is -0.412 e. The van der Waals surface area contributed by atoms with Crippen molar-refractivity contribution in [2.24, 2.45) is 17.3 Å². The average Bonchev–Trinajstić information content (AvgIpc) is 2.91. The number of halogens is 2. The summed E-state index contributed by atoms with van der Waals surface area (Å²) in [5, 5.41) is 0. The topological polar surface area (TPSA) is 31.5 Å². The second-order valence-electron chi connectivity index (χ2n) is 9.19. The average molecular weight is 415 g/mol. The molecule has 2 bridgehead atoms. The van der Waals surface area contributed by atoms with Crippen LogP contribution in [-0.4, -0.2) is 5.48 Å². The molecule has 3 aliphatic carbocycles. The molecule has 3 aliphatic rings. The summed E-state index contributed by atoms with van der Waals surface area (Å²) in [6.45, 7) is 13.1. The van der Waals surface area contributed by atoms with Crippen molar-refractivity contribution in [2.75, 3.05) is 0 Å². The second kappa shape index (κ2) is 14.1. The SMILES string of the molecule is CC.CCC.Cc1ccc2c(c1)CCC1CC2CC[C@]2(C)CCCCC12.F.F.O. The van der Waals surface area contributed by atoms with Crippen LogP contribution in [0.1, 0.15) is 115 Å². The van der Waals surface area contributed by atoms with Crippen LogP contribution in [0, 0.1) is 24.2 Å². The van der Waals surface area contributed by atoms with Gasteiger partial charge in [-0.3, -0.25) is 9.41 Å². The molecule has 0 amide bonds. The first-order valence-electron chi connectivity index (χ1n) is 11.7. The lowest BCUT2D eigenvalue weighted by Crippen LogP contribution is -2.34. The number of aryl methyl sites for hydroxylation is 2. The molecule has 172 valence electrons. The van der Waals surface area contributed by atoms with Crippen molar-refractivity contribution in [2.45, 2.75) is 112 Å². The predicted molar refractivity (Wildman–Crippen MR) is 126 cm³/mol. The predicted octanol–water partition coefficient (Wildman–Crippen LogP) is 7.94. The van der Waals surface area contributed by atoms with Gasteiger partial charge in [-0.05, 0) is 86.2 Å². The lowest BCUT2D eigenvalue weighted by Gasteiger charge is -2.44. The molecule has 0 aliphatic heterocycles. The molecule has 0 saturated heterocycles. The van der Waals surface area contributed by atoms with E-state index in [-0.39, 0.29) is 14.9 Å². The molecule has 4 rings (SSSR count). The van der Waals surface area contributed by atoms with Crippen LogP contribution in [0.5, 0.6) is 0 Å². The van der Waals surface area contributed by atoms with Gasteiger partial charge in [0.05, 0.1) is 0 Å². The molecule has 0 radical (unpaired) electrons. The minimum absolute atomic E-state index is 0. The van der Waals surface area contributed by atoms with Crippen LogP contribution >= 0.6 is 0 Å². The van der Waals surface area contributed by atoms with Crippen molar-refractivity contribution in [3.8, 4) is 0 Å². The van der Waals surface area contributed by atoms with Gasteiger partial charge in [-0.25, -0.2) is 0 Å². The van der Waals surface area contributed by atoms with Crippen LogP contribution in [0.2, 0.25) is 0 Å². The van der Waals surface area contributed by atoms with E-state index in [9.17, 15) is 0 Å². The van der Waals surface area contributed by atoms with E-state index in [4.69, 9.17) is 0 Å². The second-order valence-corrected chi connectivity index (χ2v) is 9.19. The lowest BCUT2D eigenvalue weighted by molar-refractivity contribution is 0.0620. The number of hydrogen-bond donors (Lipinski definition) is 0. The fraction of sp³-hybridized carbons (Fsp3) is 0.769. The first-order chi connectivity index (χ1) is 12.6. The van der Waals surface area contributed by atoms with E-state index in [0.29, 0.717) is 5.41 Å². The van der Waals surface area contributed by atoms with Gasteiger partial charge in [-0.2, -0.15) is 0 Å². The quantitative estimate of drug-likeness (QED) is 0.412. The van der Waals surface area contributed by atoms with Gasteiger partial charge in [0.15, 0.2) is 0 Å². The third-order valence-corrected chi connectivity index (χ3v) is 7.15. The van der Waals surface area contributed by atoms with Gasteiger partial charge in [0.2, 0.25) is 0 Å². The molecule has 0 aromatic heterocycles. The van der Waals surface area contributed by atoms with Crippen molar-refractivity contribution >= 4 is 0 Å². The molecule has 2 fully saturated rings. The molecule has 29 heavy (non-hydrogen) atoms. The number of hydrogen-bond acceptors (Lipinski definition) is 0. The fourth-order valence-corrected chi connectivity index (χ4v) is 5.99. The third kappa shape index (κ3) is 7.05. The maximum atomic E-state index is 2.63. The molecule has 4 atom stereocenters. The Morgan fingerprint density at radius 3 is 2.28 bits per heavy atom. The van der Waals surface area contributed by atoms with Gasteiger partial charge in [-0.15, -0.1) is 0 Å². The lowest BCUT2D eigenvalue weighted by atomic mass is 9.61.